The largest absolute Gasteiger partial charge is 0.497 e. The number of methoxy groups -OCH3 is 1. The summed E-state index contributed by atoms with van der Waals surface area (Å²) in [4.78, 5) is 4.54. The molecule has 0 fully saturated rings. The second-order valence-corrected chi connectivity index (χ2v) is 5.55. The number of nitrogens with zero attached hydrogens (tertiary/aromatic N) is 2. The fourth-order valence-corrected chi connectivity index (χ4v) is 2.33. The minimum atomic E-state index is -0.638. The van der Waals surface area contributed by atoms with Gasteiger partial charge in [-0.05, 0) is 36.2 Å². The summed E-state index contributed by atoms with van der Waals surface area (Å²) in [5, 5.41) is 16.7. The second-order valence-electron chi connectivity index (χ2n) is 5.55. The van der Waals surface area contributed by atoms with Crippen molar-refractivity contribution in [3.05, 3.63) is 53.9 Å². The SMILES string of the molecule is CCNC(=NCc1ccn(C)c1)NCC(O)c1cccc(OC)c1. The first-order valence-electron chi connectivity index (χ1n) is 8.07. The molecule has 3 N–H and O–H groups in total. The number of aliphatic imine (C=N–C) groups is 1. The highest BCUT2D eigenvalue weighted by molar-refractivity contribution is 5.79. The summed E-state index contributed by atoms with van der Waals surface area (Å²) in [5.41, 5.74) is 1.95. The van der Waals surface area contributed by atoms with E-state index in [0.717, 1.165) is 23.4 Å². The van der Waals surface area contributed by atoms with Crippen LogP contribution in [0.1, 0.15) is 24.2 Å². The third-order valence-electron chi connectivity index (χ3n) is 3.60. The fraction of sp³-hybridized carbons (Fsp3) is 0.389. The van der Waals surface area contributed by atoms with E-state index in [0.29, 0.717) is 19.0 Å². The Kier molecular flexibility index (Phi) is 6.69. The number of guanidine groups is 1. The predicted octanol–water partition coefficient (Wildman–Crippen LogP) is 1.82. The molecule has 0 aliphatic carbocycles. The minimum Gasteiger partial charge on any atom is -0.497 e. The van der Waals surface area contributed by atoms with E-state index in [1.807, 2.05) is 61.3 Å². The molecule has 1 atom stereocenters. The number of rotatable bonds is 7. The van der Waals surface area contributed by atoms with Gasteiger partial charge < -0.3 is 25.0 Å². The molecule has 0 spiro atoms. The number of aryl methyl sites for hydroxylation is 1. The summed E-state index contributed by atoms with van der Waals surface area (Å²) < 4.78 is 7.19. The van der Waals surface area contributed by atoms with E-state index in [1.165, 1.54) is 0 Å². The van der Waals surface area contributed by atoms with E-state index in [4.69, 9.17) is 4.74 Å². The number of aromatic nitrogens is 1. The van der Waals surface area contributed by atoms with Crippen molar-refractivity contribution in [1.82, 2.24) is 15.2 Å². The zero-order valence-electron chi connectivity index (χ0n) is 14.5. The van der Waals surface area contributed by atoms with Gasteiger partial charge in [-0.2, -0.15) is 0 Å². The molecule has 24 heavy (non-hydrogen) atoms. The first-order valence-corrected chi connectivity index (χ1v) is 8.07. The van der Waals surface area contributed by atoms with Crippen molar-refractivity contribution in [3.63, 3.8) is 0 Å². The van der Waals surface area contributed by atoms with Crippen molar-refractivity contribution in [3.8, 4) is 5.75 Å². The molecule has 6 nitrogen and oxygen atoms in total. The van der Waals surface area contributed by atoms with Crippen LogP contribution in [-0.2, 0) is 13.6 Å². The number of benzene rings is 1. The number of hydrogen-bond donors (Lipinski definition) is 3. The predicted molar refractivity (Wildman–Crippen MR) is 96.2 cm³/mol. The summed E-state index contributed by atoms with van der Waals surface area (Å²) in [6.45, 7) is 3.73. The van der Waals surface area contributed by atoms with Gasteiger partial charge in [0.2, 0.25) is 0 Å². The van der Waals surface area contributed by atoms with Crippen LogP contribution in [0.15, 0.2) is 47.7 Å². The average molecular weight is 330 g/mol. The topological polar surface area (TPSA) is 70.8 Å². The molecule has 6 heteroatoms. The maximum Gasteiger partial charge on any atom is 0.191 e. The maximum atomic E-state index is 10.3. The van der Waals surface area contributed by atoms with E-state index in [-0.39, 0.29) is 0 Å². The lowest BCUT2D eigenvalue weighted by atomic mass is 10.1. The van der Waals surface area contributed by atoms with Crippen LogP contribution in [0.2, 0.25) is 0 Å². The van der Waals surface area contributed by atoms with Gasteiger partial charge in [-0.25, -0.2) is 4.99 Å². The van der Waals surface area contributed by atoms with E-state index in [9.17, 15) is 5.11 Å². The van der Waals surface area contributed by atoms with Crippen LogP contribution in [-0.4, -0.2) is 35.8 Å². The summed E-state index contributed by atoms with van der Waals surface area (Å²) in [6.07, 6.45) is 3.40. The molecule has 0 amide bonds. The molecule has 0 saturated heterocycles. The minimum absolute atomic E-state index is 0.369. The van der Waals surface area contributed by atoms with Crippen molar-refractivity contribution in [2.24, 2.45) is 12.0 Å². The lowest BCUT2D eigenvalue weighted by molar-refractivity contribution is 0.180. The molecule has 130 valence electrons. The standard InChI is InChI=1S/C18H26N4O2/c1-4-19-18(20-11-14-8-9-22(2)13-14)21-12-17(23)15-6-5-7-16(10-15)24-3/h5-10,13,17,23H,4,11-12H2,1-3H3,(H2,19,20,21). The van der Waals surface area contributed by atoms with Crippen LogP contribution in [0.4, 0.5) is 0 Å². The van der Waals surface area contributed by atoms with Crippen LogP contribution in [0.25, 0.3) is 0 Å². The van der Waals surface area contributed by atoms with Gasteiger partial charge >= 0.3 is 0 Å². The number of aliphatic hydroxyl groups excluding tert-OH is 1. The Balaban J connectivity index is 1.94. The van der Waals surface area contributed by atoms with Crippen LogP contribution in [0.3, 0.4) is 0 Å². The third kappa shape index (κ3) is 5.31. The Morgan fingerprint density at radius 2 is 2.17 bits per heavy atom. The average Bonchev–Trinajstić information content (AvgIpc) is 3.02. The molecule has 0 radical (unpaired) electrons. The van der Waals surface area contributed by atoms with Gasteiger partial charge in [0.1, 0.15) is 5.75 Å². The molecule has 1 unspecified atom stereocenters. The first-order chi connectivity index (χ1) is 11.6. The molecule has 1 aromatic carbocycles. The summed E-state index contributed by atoms with van der Waals surface area (Å²) in [6, 6.07) is 9.47. The Bertz CT molecular complexity index is 667. The lowest BCUT2D eigenvalue weighted by Crippen LogP contribution is -2.39. The highest BCUT2D eigenvalue weighted by atomic mass is 16.5. The van der Waals surface area contributed by atoms with Crippen molar-refractivity contribution < 1.29 is 9.84 Å². The van der Waals surface area contributed by atoms with E-state index in [2.05, 4.69) is 15.6 Å². The van der Waals surface area contributed by atoms with Crippen molar-refractivity contribution in [1.29, 1.82) is 0 Å². The van der Waals surface area contributed by atoms with Gasteiger partial charge in [0.25, 0.3) is 0 Å². The van der Waals surface area contributed by atoms with Crippen molar-refractivity contribution >= 4 is 5.96 Å². The van der Waals surface area contributed by atoms with Crippen LogP contribution >= 0.6 is 0 Å². The number of hydrogen-bond acceptors (Lipinski definition) is 3. The molecule has 0 bridgehead atoms. The molecule has 0 aliphatic rings. The van der Waals surface area contributed by atoms with E-state index < -0.39 is 6.10 Å². The molecular weight excluding hydrogens is 304 g/mol. The quantitative estimate of drug-likeness (QED) is 0.535. The van der Waals surface area contributed by atoms with Gasteiger partial charge in [0.05, 0.1) is 19.8 Å². The highest BCUT2D eigenvalue weighted by Crippen LogP contribution is 2.18. The molecule has 1 aromatic heterocycles. The van der Waals surface area contributed by atoms with Crippen LogP contribution in [0.5, 0.6) is 5.75 Å². The normalized spacial score (nSPS) is 12.8. The first kappa shape index (κ1) is 17.9. The number of aliphatic hydroxyl groups is 1. The number of ether oxygens (including phenoxy) is 1. The van der Waals surface area contributed by atoms with Crippen molar-refractivity contribution in [2.75, 3.05) is 20.2 Å². The molecular formula is C18H26N4O2. The highest BCUT2D eigenvalue weighted by Gasteiger charge is 2.09. The van der Waals surface area contributed by atoms with Gasteiger partial charge in [-0.1, -0.05) is 12.1 Å². The Morgan fingerprint density at radius 3 is 2.83 bits per heavy atom. The van der Waals surface area contributed by atoms with Gasteiger partial charge in [-0.15, -0.1) is 0 Å². The molecule has 2 aromatic rings. The number of nitrogens with one attached hydrogen (secondary N) is 2. The third-order valence-corrected chi connectivity index (χ3v) is 3.60. The molecule has 0 aliphatic heterocycles. The lowest BCUT2D eigenvalue weighted by Gasteiger charge is -2.16. The molecule has 0 saturated carbocycles. The zero-order chi connectivity index (χ0) is 17.4. The second kappa shape index (κ2) is 8.98. The van der Waals surface area contributed by atoms with Crippen LogP contribution in [0, 0.1) is 0 Å². The van der Waals surface area contributed by atoms with E-state index in [1.54, 1.807) is 7.11 Å². The summed E-state index contributed by atoms with van der Waals surface area (Å²) in [5.74, 6) is 1.42. The molecule has 1 heterocycles. The van der Waals surface area contributed by atoms with Gasteiger partial charge in [0.15, 0.2) is 5.96 Å². The van der Waals surface area contributed by atoms with Crippen molar-refractivity contribution in [2.45, 2.75) is 19.6 Å². The van der Waals surface area contributed by atoms with Gasteiger partial charge in [-0.3, -0.25) is 0 Å². The summed E-state index contributed by atoms with van der Waals surface area (Å²) in [7, 11) is 3.60. The maximum absolute atomic E-state index is 10.3. The van der Waals surface area contributed by atoms with E-state index >= 15 is 0 Å². The Labute approximate surface area is 143 Å². The zero-order valence-corrected chi connectivity index (χ0v) is 14.5. The van der Waals surface area contributed by atoms with Crippen LogP contribution < -0.4 is 15.4 Å². The Hall–Kier alpha value is -2.47. The van der Waals surface area contributed by atoms with Gasteiger partial charge in [0, 0.05) is 32.5 Å². The molecule has 2 rings (SSSR count). The smallest absolute Gasteiger partial charge is 0.191 e. The Morgan fingerprint density at radius 1 is 1.33 bits per heavy atom. The summed E-state index contributed by atoms with van der Waals surface area (Å²) >= 11 is 0. The monoisotopic (exact) mass is 330 g/mol. The fourth-order valence-electron chi connectivity index (χ4n) is 2.33.